The zero-order chi connectivity index (χ0) is 25.8. The number of aryl methyl sites for hydroxylation is 2. The van der Waals surface area contributed by atoms with E-state index >= 15 is 0 Å². The van der Waals surface area contributed by atoms with E-state index in [2.05, 4.69) is 36.9 Å². The van der Waals surface area contributed by atoms with Crippen LogP contribution in [-0.2, 0) is 23.4 Å². The van der Waals surface area contributed by atoms with Crippen molar-refractivity contribution in [3.05, 3.63) is 51.3 Å². The highest BCUT2D eigenvalue weighted by molar-refractivity contribution is 7.89. The molecule has 1 aliphatic heterocycles. The molecular formula is C27H38N2O4S2. The molecule has 2 aromatic heterocycles. The molecule has 0 saturated carbocycles. The average molecular weight is 519 g/mol. The second kappa shape index (κ2) is 11.7. The summed E-state index contributed by atoms with van der Waals surface area (Å²) in [4.78, 5) is 16.8. The van der Waals surface area contributed by atoms with Gasteiger partial charge in [0, 0.05) is 47.4 Å². The molecular weight excluding hydrogens is 480 g/mol. The van der Waals surface area contributed by atoms with Gasteiger partial charge in [-0.3, -0.25) is 9.69 Å². The van der Waals surface area contributed by atoms with Crippen LogP contribution in [0.4, 0.5) is 0 Å². The summed E-state index contributed by atoms with van der Waals surface area (Å²) in [5.74, 6) is 1.65. The fourth-order valence-electron chi connectivity index (χ4n) is 4.46. The van der Waals surface area contributed by atoms with Gasteiger partial charge in [-0.25, -0.2) is 8.42 Å². The summed E-state index contributed by atoms with van der Waals surface area (Å²) in [5, 5.41) is 0.831. The Balaban J connectivity index is 0.000000623. The number of benzene rings is 1. The minimum Gasteiger partial charge on any atom is -0.497 e. The van der Waals surface area contributed by atoms with E-state index in [9.17, 15) is 13.2 Å². The number of thiophene rings is 1. The van der Waals surface area contributed by atoms with E-state index in [0.29, 0.717) is 0 Å². The summed E-state index contributed by atoms with van der Waals surface area (Å²) in [5.41, 5.74) is 3.51. The van der Waals surface area contributed by atoms with Crippen LogP contribution in [0.2, 0.25) is 0 Å². The van der Waals surface area contributed by atoms with Gasteiger partial charge in [0.2, 0.25) is 0 Å². The fourth-order valence-corrected chi connectivity index (χ4v) is 5.67. The first-order valence-electron chi connectivity index (χ1n) is 12.1. The highest BCUT2D eigenvalue weighted by atomic mass is 32.2. The van der Waals surface area contributed by atoms with E-state index in [0.717, 1.165) is 65.0 Å². The molecule has 0 aliphatic carbocycles. The number of aromatic nitrogens is 1. The van der Waals surface area contributed by atoms with E-state index < -0.39 is 9.84 Å². The summed E-state index contributed by atoms with van der Waals surface area (Å²) in [6.07, 6.45) is 9.51. The first-order valence-corrected chi connectivity index (χ1v) is 15.2. The van der Waals surface area contributed by atoms with Crippen molar-refractivity contribution in [2.75, 3.05) is 32.7 Å². The molecule has 192 valence electrons. The maximum absolute atomic E-state index is 12.9. The van der Waals surface area contributed by atoms with Gasteiger partial charge in [-0.05, 0) is 68.1 Å². The molecule has 3 aromatic rings. The summed E-state index contributed by atoms with van der Waals surface area (Å²) in [6.45, 7) is 7.72. The molecule has 6 nitrogen and oxygen atoms in total. The van der Waals surface area contributed by atoms with E-state index in [1.807, 2.05) is 19.3 Å². The van der Waals surface area contributed by atoms with Crippen LogP contribution in [0.25, 0.3) is 21.2 Å². The monoisotopic (exact) mass is 518 g/mol. The topological polar surface area (TPSA) is 68.6 Å². The molecule has 0 radical (unpaired) electrons. The number of sulfone groups is 1. The Morgan fingerprint density at radius 1 is 1.09 bits per heavy atom. The number of hydrogen-bond donors (Lipinski definition) is 0. The van der Waals surface area contributed by atoms with Crippen LogP contribution >= 0.6 is 11.3 Å². The van der Waals surface area contributed by atoms with Gasteiger partial charge in [-0.2, -0.15) is 0 Å². The summed E-state index contributed by atoms with van der Waals surface area (Å²) in [7, 11) is 0.871. The number of ether oxygens (including phenoxy) is 1. The Labute approximate surface area is 213 Å². The number of hydrogen-bond acceptors (Lipinski definition) is 6. The molecule has 0 N–H and O–H groups in total. The predicted octanol–water partition coefficient (Wildman–Crippen LogP) is 5.26. The van der Waals surface area contributed by atoms with Crippen LogP contribution in [0, 0.1) is 12.8 Å². The van der Waals surface area contributed by atoms with Crippen LogP contribution in [0.1, 0.15) is 43.0 Å². The van der Waals surface area contributed by atoms with Gasteiger partial charge in [0.1, 0.15) is 15.6 Å². The smallest absolute Gasteiger partial charge is 0.259 e. The van der Waals surface area contributed by atoms with Gasteiger partial charge in [0.05, 0.1) is 12.5 Å². The molecule has 1 aromatic carbocycles. The predicted molar refractivity (Wildman–Crippen MR) is 147 cm³/mol. The first kappa shape index (κ1) is 27.4. The van der Waals surface area contributed by atoms with Gasteiger partial charge in [-0.15, -0.1) is 11.3 Å². The van der Waals surface area contributed by atoms with Crippen molar-refractivity contribution in [1.82, 2.24) is 9.47 Å². The van der Waals surface area contributed by atoms with Crippen LogP contribution in [0.5, 0.6) is 5.75 Å². The Morgan fingerprint density at radius 3 is 2.49 bits per heavy atom. The van der Waals surface area contributed by atoms with E-state index in [1.54, 1.807) is 23.0 Å². The molecule has 0 amide bonds. The number of likely N-dealkylation sites (tertiary alicyclic amines) is 1. The van der Waals surface area contributed by atoms with E-state index in [-0.39, 0.29) is 5.56 Å². The van der Waals surface area contributed by atoms with Gasteiger partial charge in [0.25, 0.3) is 5.56 Å². The minimum atomic E-state index is -2.67. The fraction of sp³-hybridized carbons (Fsp3) is 0.519. The number of pyridine rings is 1. The lowest BCUT2D eigenvalue weighted by molar-refractivity contribution is 0.219. The number of methoxy groups -OCH3 is 1. The maximum atomic E-state index is 12.9. The number of nitrogens with zero attached hydrogens (tertiary/aromatic N) is 2. The molecule has 0 bridgehead atoms. The van der Waals surface area contributed by atoms with Crippen molar-refractivity contribution in [2.45, 2.75) is 46.1 Å². The molecule has 8 heteroatoms. The Kier molecular flexibility index (Phi) is 9.18. The van der Waals surface area contributed by atoms with Crippen LogP contribution in [0.15, 0.2) is 35.3 Å². The largest absolute Gasteiger partial charge is 0.497 e. The normalized spacial score (nSPS) is 17.4. The SMILES string of the molecule is COc1ccc(C)c(-c2cn(C)c(=O)c3cc(CN4CCCCC(C)CC4)sc23)c1.CS(C)(=O)=O. The zero-order valence-corrected chi connectivity index (χ0v) is 23.4. The zero-order valence-electron chi connectivity index (χ0n) is 21.8. The van der Waals surface area contributed by atoms with E-state index in [4.69, 9.17) is 4.74 Å². The Bertz CT molecular complexity index is 1320. The number of fused-ring (bicyclic) bond motifs is 1. The van der Waals surface area contributed by atoms with E-state index in [1.165, 1.54) is 36.1 Å². The summed E-state index contributed by atoms with van der Waals surface area (Å²) in [6, 6.07) is 8.28. The van der Waals surface area contributed by atoms with Crippen molar-refractivity contribution >= 4 is 31.3 Å². The van der Waals surface area contributed by atoms with Crippen molar-refractivity contribution in [3.8, 4) is 16.9 Å². The third-order valence-electron chi connectivity index (χ3n) is 6.37. The first-order chi connectivity index (χ1) is 16.5. The van der Waals surface area contributed by atoms with Crippen molar-refractivity contribution in [2.24, 2.45) is 13.0 Å². The molecule has 1 unspecified atom stereocenters. The third-order valence-corrected chi connectivity index (χ3v) is 7.53. The second-order valence-electron chi connectivity index (χ2n) is 9.90. The molecule has 1 fully saturated rings. The van der Waals surface area contributed by atoms with Crippen molar-refractivity contribution in [1.29, 1.82) is 0 Å². The maximum Gasteiger partial charge on any atom is 0.259 e. The molecule has 4 rings (SSSR count). The Morgan fingerprint density at radius 2 is 1.80 bits per heavy atom. The standard InChI is InChI=1S/C25H32N2O2S.C2H6O2S/c1-17-7-5-6-11-27(12-10-17)15-20-14-22-24(30-20)23(16-26(3)25(22)28)21-13-19(29-4)9-8-18(21)2;1-5(2,3)4/h8-9,13-14,16-17H,5-7,10-12,15H2,1-4H3;1-2H3. The molecule has 1 aliphatic rings. The summed E-state index contributed by atoms with van der Waals surface area (Å²) >= 11 is 1.77. The molecule has 1 atom stereocenters. The quantitative estimate of drug-likeness (QED) is 0.471. The van der Waals surface area contributed by atoms with Crippen LogP contribution in [0.3, 0.4) is 0 Å². The third kappa shape index (κ3) is 7.66. The highest BCUT2D eigenvalue weighted by Crippen LogP contribution is 2.36. The second-order valence-corrected chi connectivity index (χ2v) is 13.3. The average Bonchev–Trinajstić information content (AvgIpc) is 3.19. The molecule has 3 heterocycles. The minimum absolute atomic E-state index is 0.0816. The lowest BCUT2D eigenvalue weighted by atomic mass is 9.98. The summed E-state index contributed by atoms with van der Waals surface area (Å²) < 4.78 is 27.5. The van der Waals surface area contributed by atoms with Gasteiger partial charge in [-0.1, -0.05) is 25.8 Å². The van der Waals surface area contributed by atoms with Gasteiger partial charge >= 0.3 is 0 Å². The van der Waals surface area contributed by atoms with Crippen molar-refractivity contribution in [3.63, 3.8) is 0 Å². The van der Waals surface area contributed by atoms with Crippen LogP contribution in [-0.4, -0.2) is 50.6 Å². The lowest BCUT2D eigenvalue weighted by Gasteiger charge is -2.26. The molecule has 1 saturated heterocycles. The molecule has 0 spiro atoms. The number of rotatable bonds is 4. The van der Waals surface area contributed by atoms with Crippen LogP contribution < -0.4 is 10.3 Å². The van der Waals surface area contributed by atoms with Gasteiger partial charge < -0.3 is 9.30 Å². The van der Waals surface area contributed by atoms with Gasteiger partial charge in [0.15, 0.2) is 0 Å². The Hall–Kier alpha value is -2.16. The lowest BCUT2D eigenvalue weighted by Crippen LogP contribution is -2.28. The molecule has 35 heavy (non-hydrogen) atoms. The highest BCUT2D eigenvalue weighted by Gasteiger charge is 2.18. The van der Waals surface area contributed by atoms with Crippen molar-refractivity contribution < 1.29 is 13.2 Å².